The zero-order valence-electron chi connectivity index (χ0n) is 11.3. The van der Waals surface area contributed by atoms with Crippen LogP contribution in [0.15, 0.2) is 24.3 Å². The van der Waals surface area contributed by atoms with Crippen molar-refractivity contribution in [1.29, 1.82) is 0 Å². The highest BCUT2D eigenvalue weighted by atomic mass is 16.2. The van der Waals surface area contributed by atoms with Crippen LogP contribution in [0.2, 0.25) is 0 Å². The monoisotopic (exact) mass is 257 g/mol. The summed E-state index contributed by atoms with van der Waals surface area (Å²) in [7, 11) is 0. The second-order valence-electron chi connectivity index (χ2n) is 5.66. The molecule has 0 saturated carbocycles. The molecular weight excluding hydrogens is 238 g/mol. The standard InChI is InChI=1S/C15H19N3O/c1-9-7-18(8-10(9)2)15(19)13-6-11-4-3-5-12(16)14(11)17-13/h3-6,9-10,17H,7-8,16H2,1-2H3. The van der Waals surface area contributed by atoms with Crippen molar-refractivity contribution < 1.29 is 4.79 Å². The molecule has 0 spiro atoms. The Labute approximate surface area is 112 Å². The maximum absolute atomic E-state index is 12.5. The van der Waals surface area contributed by atoms with Crippen LogP contribution in [0, 0.1) is 11.8 Å². The van der Waals surface area contributed by atoms with Crippen LogP contribution in [0.1, 0.15) is 24.3 Å². The van der Waals surface area contributed by atoms with Gasteiger partial charge in [0.25, 0.3) is 5.91 Å². The molecule has 4 heteroatoms. The first-order chi connectivity index (χ1) is 9.06. The summed E-state index contributed by atoms with van der Waals surface area (Å²) in [4.78, 5) is 17.6. The van der Waals surface area contributed by atoms with E-state index in [1.807, 2.05) is 29.2 Å². The van der Waals surface area contributed by atoms with Gasteiger partial charge in [0, 0.05) is 18.5 Å². The smallest absolute Gasteiger partial charge is 0.270 e. The molecule has 0 radical (unpaired) electrons. The van der Waals surface area contributed by atoms with E-state index in [0.717, 1.165) is 24.0 Å². The van der Waals surface area contributed by atoms with E-state index >= 15 is 0 Å². The highest BCUT2D eigenvalue weighted by Crippen LogP contribution is 2.26. The van der Waals surface area contributed by atoms with Crippen LogP contribution < -0.4 is 5.73 Å². The van der Waals surface area contributed by atoms with Crippen molar-refractivity contribution in [3.8, 4) is 0 Å². The Balaban J connectivity index is 1.92. The minimum atomic E-state index is 0.0757. The number of para-hydroxylation sites is 1. The van der Waals surface area contributed by atoms with E-state index in [2.05, 4.69) is 18.8 Å². The van der Waals surface area contributed by atoms with Crippen molar-refractivity contribution in [3.05, 3.63) is 30.0 Å². The molecule has 1 aliphatic heterocycles. The molecule has 19 heavy (non-hydrogen) atoms. The SMILES string of the molecule is CC1CN(C(=O)c2cc3cccc(N)c3[nH]2)CC1C. The number of amides is 1. The molecule has 1 aliphatic rings. The lowest BCUT2D eigenvalue weighted by molar-refractivity contribution is 0.0780. The van der Waals surface area contributed by atoms with Crippen LogP contribution in [-0.2, 0) is 0 Å². The van der Waals surface area contributed by atoms with Crippen molar-refractivity contribution in [1.82, 2.24) is 9.88 Å². The van der Waals surface area contributed by atoms with Crippen molar-refractivity contribution in [2.75, 3.05) is 18.8 Å². The minimum Gasteiger partial charge on any atom is -0.397 e. The summed E-state index contributed by atoms with van der Waals surface area (Å²) < 4.78 is 0. The average Bonchev–Trinajstić information content (AvgIpc) is 2.94. The minimum absolute atomic E-state index is 0.0757. The predicted molar refractivity (Wildman–Crippen MR) is 76.9 cm³/mol. The highest BCUT2D eigenvalue weighted by Gasteiger charge is 2.30. The number of hydrogen-bond acceptors (Lipinski definition) is 2. The van der Waals surface area contributed by atoms with E-state index in [-0.39, 0.29) is 5.91 Å². The van der Waals surface area contributed by atoms with Gasteiger partial charge in [-0.3, -0.25) is 4.79 Å². The van der Waals surface area contributed by atoms with E-state index in [9.17, 15) is 4.79 Å². The topological polar surface area (TPSA) is 62.1 Å². The zero-order chi connectivity index (χ0) is 13.6. The summed E-state index contributed by atoms with van der Waals surface area (Å²) in [6.07, 6.45) is 0. The largest absolute Gasteiger partial charge is 0.397 e. The average molecular weight is 257 g/mol. The number of benzene rings is 1. The molecule has 3 rings (SSSR count). The number of carbonyl (C=O) groups excluding carboxylic acids is 1. The molecule has 4 nitrogen and oxygen atoms in total. The van der Waals surface area contributed by atoms with Gasteiger partial charge in [-0.1, -0.05) is 26.0 Å². The maximum atomic E-state index is 12.5. The first-order valence-electron chi connectivity index (χ1n) is 6.72. The van der Waals surface area contributed by atoms with Gasteiger partial charge in [0.15, 0.2) is 0 Å². The molecule has 3 N–H and O–H groups in total. The summed E-state index contributed by atoms with van der Waals surface area (Å²) in [6.45, 7) is 6.07. The van der Waals surface area contributed by atoms with Gasteiger partial charge in [-0.15, -0.1) is 0 Å². The Bertz CT molecular complexity index is 621. The molecule has 2 heterocycles. The van der Waals surface area contributed by atoms with Gasteiger partial charge in [0.1, 0.15) is 5.69 Å². The van der Waals surface area contributed by atoms with Crippen LogP contribution in [0.3, 0.4) is 0 Å². The number of H-pyrrole nitrogens is 1. The first-order valence-corrected chi connectivity index (χ1v) is 6.72. The van der Waals surface area contributed by atoms with E-state index in [1.165, 1.54) is 0 Å². The number of likely N-dealkylation sites (tertiary alicyclic amines) is 1. The number of nitrogens with two attached hydrogens (primary N) is 1. The Morgan fingerprint density at radius 3 is 2.63 bits per heavy atom. The van der Waals surface area contributed by atoms with E-state index in [4.69, 9.17) is 5.73 Å². The maximum Gasteiger partial charge on any atom is 0.270 e. The Hall–Kier alpha value is -1.97. The number of anilines is 1. The lowest BCUT2D eigenvalue weighted by Crippen LogP contribution is -2.29. The van der Waals surface area contributed by atoms with Gasteiger partial charge in [-0.2, -0.15) is 0 Å². The molecule has 1 saturated heterocycles. The fraction of sp³-hybridized carbons (Fsp3) is 0.400. The third-order valence-corrected chi connectivity index (χ3v) is 4.19. The number of nitrogens with zero attached hydrogens (tertiary/aromatic N) is 1. The van der Waals surface area contributed by atoms with Crippen LogP contribution in [-0.4, -0.2) is 28.9 Å². The quantitative estimate of drug-likeness (QED) is 0.771. The first kappa shape index (κ1) is 12.1. The van der Waals surface area contributed by atoms with Gasteiger partial charge >= 0.3 is 0 Å². The second kappa shape index (κ2) is 4.30. The molecular formula is C15H19N3O. The van der Waals surface area contributed by atoms with E-state index < -0.39 is 0 Å². The summed E-state index contributed by atoms with van der Waals surface area (Å²) in [5.41, 5.74) is 8.08. The summed E-state index contributed by atoms with van der Waals surface area (Å²) >= 11 is 0. The van der Waals surface area contributed by atoms with Crippen molar-refractivity contribution in [2.45, 2.75) is 13.8 Å². The van der Waals surface area contributed by atoms with Crippen molar-refractivity contribution in [3.63, 3.8) is 0 Å². The Morgan fingerprint density at radius 1 is 1.32 bits per heavy atom. The number of nitrogens with one attached hydrogen (secondary N) is 1. The van der Waals surface area contributed by atoms with Crippen LogP contribution in [0.4, 0.5) is 5.69 Å². The summed E-state index contributed by atoms with van der Waals surface area (Å²) in [6, 6.07) is 7.60. The zero-order valence-corrected chi connectivity index (χ0v) is 11.3. The Morgan fingerprint density at radius 2 is 2.00 bits per heavy atom. The molecule has 2 unspecified atom stereocenters. The van der Waals surface area contributed by atoms with Gasteiger partial charge < -0.3 is 15.6 Å². The number of hydrogen-bond donors (Lipinski definition) is 2. The van der Waals surface area contributed by atoms with Crippen LogP contribution >= 0.6 is 0 Å². The molecule has 1 aromatic heterocycles. The van der Waals surface area contributed by atoms with Gasteiger partial charge in [-0.05, 0) is 24.0 Å². The fourth-order valence-corrected chi connectivity index (χ4v) is 2.76. The van der Waals surface area contributed by atoms with Crippen molar-refractivity contribution in [2.24, 2.45) is 11.8 Å². The molecule has 2 aromatic rings. The number of aromatic amines is 1. The fourth-order valence-electron chi connectivity index (χ4n) is 2.76. The lowest BCUT2D eigenvalue weighted by Gasteiger charge is -2.14. The second-order valence-corrected chi connectivity index (χ2v) is 5.66. The number of carbonyl (C=O) groups is 1. The van der Waals surface area contributed by atoms with Gasteiger partial charge in [-0.25, -0.2) is 0 Å². The van der Waals surface area contributed by atoms with Crippen LogP contribution in [0.25, 0.3) is 10.9 Å². The third kappa shape index (κ3) is 1.97. The molecule has 0 bridgehead atoms. The molecule has 1 aromatic carbocycles. The molecule has 1 amide bonds. The lowest BCUT2D eigenvalue weighted by atomic mass is 10.0. The third-order valence-electron chi connectivity index (χ3n) is 4.19. The summed E-state index contributed by atoms with van der Waals surface area (Å²) in [5.74, 6) is 1.21. The number of nitrogen functional groups attached to an aromatic ring is 1. The molecule has 1 fully saturated rings. The predicted octanol–water partition coefficient (Wildman–Crippen LogP) is 2.48. The van der Waals surface area contributed by atoms with Crippen molar-refractivity contribution >= 4 is 22.5 Å². The van der Waals surface area contributed by atoms with Gasteiger partial charge in [0.05, 0.1) is 11.2 Å². The number of aromatic nitrogens is 1. The van der Waals surface area contributed by atoms with Gasteiger partial charge in [0.2, 0.25) is 0 Å². The molecule has 100 valence electrons. The van der Waals surface area contributed by atoms with E-state index in [1.54, 1.807) is 0 Å². The van der Waals surface area contributed by atoms with Crippen LogP contribution in [0.5, 0.6) is 0 Å². The normalized spacial score (nSPS) is 23.2. The Kier molecular flexibility index (Phi) is 2.73. The number of rotatable bonds is 1. The number of fused-ring (bicyclic) bond motifs is 1. The summed E-state index contributed by atoms with van der Waals surface area (Å²) in [5, 5.41) is 0.989. The molecule has 2 atom stereocenters. The van der Waals surface area contributed by atoms with E-state index in [0.29, 0.717) is 23.2 Å². The highest BCUT2D eigenvalue weighted by molar-refractivity contribution is 6.00. The molecule has 0 aliphatic carbocycles.